The minimum Gasteiger partial charge on any atom is -0.479 e. The van der Waals surface area contributed by atoms with Gasteiger partial charge in [0.15, 0.2) is 18.7 Å². The zero-order chi connectivity index (χ0) is 25.5. The van der Waals surface area contributed by atoms with Crippen LogP contribution >= 0.6 is 0 Å². The molecule has 3 fully saturated rings. The summed E-state index contributed by atoms with van der Waals surface area (Å²) in [6.07, 6.45) is -23.5. The maximum atomic E-state index is 11.4. The van der Waals surface area contributed by atoms with Crippen molar-refractivity contribution in [3.63, 3.8) is 0 Å². The molecule has 0 radical (unpaired) electrons. The van der Waals surface area contributed by atoms with Gasteiger partial charge in [-0.15, -0.1) is 0 Å². The zero-order valence-electron chi connectivity index (χ0n) is 18.3. The van der Waals surface area contributed by atoms with Gasteiger partial charge in [-0.05, 0) is 13.8 Å². The molecule has 0 bridgehead atoms. The second-order valence-corrected chi connectivity index (χ2v) is 8.67. The number of aliphatic hydroxyl groups is 8. The third-order valence-electron chi connectivity index (χ3n) is 6.28. The predicted octanol–water partition coefficient (Wildman–Crippen LogP) is -5.38. The molecule has 3 aliphatic rings. The lowest BCUT2D eigenvalue weighted by Gasteiger charge is -2.47. The molecular formula is C19H32O15. The molecule has 0 amide bonds. The number of aliphatic hydroxyl groups excluding tert-OH is 8. The van der Waals surface area contributed by atoms with Gasteiger partial charge in [-0.3, -0.25) is 0 Å². The van der Waals surface area contributed by atoms with Crippen LogP contribution in [0.3, 0.4) is 0 Å². The van der Waals surface area contributed by atoms with E-state index in [9.17, 15) is 50.8 Å². The van der Waals surface area contributed by atoms with E-state index in [0.29, 0.717) is 0 Å². The van der Waals surface area contributed by atoms with Crippen LogP contribution in [-0.4, -0.2) is 150 Å². The molecule has 15 unspecified atom stereocenters. The van der Waals surface area contributed by atoms with Crippen molar-refractivity contribution in [2.24, 2.45) is 0 Å². The summed E-state index contributed by atoms with van der Waals surface area (Å²) in [5.74, 6) is -1.50. The van der Waals surface area contributed by atoms with Gasteiger partial charge in [-0.2, -0.15) is 0 Å². The Hall–Kier alpha value is -1.05. The normalized spacial score (nSPS) is 52.4. The van der Waals surface area contributed by atoms with Gasteiger partial charge >= 0.3 is 5.97 Å². The van der Waals surface area contributed by atoms with E-state index in [4.69, 9.17) is 23.7 Å². The quantitative estimate of drug-likeness (QED) is 0.165. The van der Waals surface area contributed by atoms with Crippen molar-refractivity contribution in [2.45, 2.75) is 106 Å². The van der Waals surface area contributed by atoms with Gasteiger partial charge in [0.1, 0.15) is 61.0 Å². The van der Waals surface area contributed by atoms with E-state index in [-0.39, 0.29) is 0 Å². The first-order valence-electron chi connectivity index (χ1n) is 10.8. The lowest BCUT2D eigenvalue weighted by molar-refractivity contribution is -0.369. The lowest BCUT2D eigenvalue weighted by atomic mass is 9.94. The van der Waals surface area contributed by atoms with Gasteiger partial charge in [-0.25, -0.2) is 4.79 Å². The molecule has 34 heavy (non-hydrogen) atoms. The number of hydrogen-bond acceptors (Lipinski definition) is 14. The number of aliphatic carboxylic acids is 1. The Balaban J connectivity index is 1.76. The molecule has 3 saturated heterocycles. The summed E-state index contributed by atoms with van der Waals surface area (Å²) < 4.78 is 26.7. The Morgan fingerprint density at radius 2 is 1.18 bits per heavy atom. The molecule has 3 rings (SSSR count). The van der Waals surface area contributed by atoms with E-state index >= 15 is 0 Å². The van der Waals surface area contributed by atoms with Crippen LogP contribution in [0.15, 0.2) is 0 Å². The molecule has 0 spiro atoms. The molecule has 15 atom stereocenters. The average Bonchev–Trinajstić information content (AvgIpc) is 2.79. The predicted molar refractivity (Wildman–Crippen MR) is 104 cm³/mol. The molecule has 0 aliphatic carbocycles. The van der Waals surface area contributed by atoms with Crippen molar-refractivity contribution in [3.05, 3.63) is 0 Å². The van der Waals surface area contributed by atoms with Crippen molar-refractivity contribution < 1.29 is 74.4 Å². The molecule has 3 heterocycles. The van der Waals surface area contributed by atoms with Gasteiger partial charge in [0, 0.05) is 0 Å². The fourth-order valence-corrected chi connectivity index (χ4v) is 4.16. The first-order chi connectivity index (χ1) is 15.9. The molecule has 9 N–H and O–H groups in total. The Morgan fingerprint density at radius 1 is 0.676 bits per heavy atom. The number of carboxylic acid groups (broad SMARTS) is 1. The number of hydrogen-bond donors (Lipinski definition) is 9. The van der Waals surface area contributed by atoms with E-state index in [1.54, 1.807) is 0 Å². The molecule has 0 aromatic heterocycles. The van der Waals surface area contributed by atoms with Crippen molar-refractivity contribution in [3.8, 4) is 0 Å². The average molecular weight is 500 g/mol. The van der Waals surface area contributed by atoms with E-state index in [0.717, 1.165) is 0 Å². The summed E-state index contributed by atoms with van der Waals surface area (Å²) in [5.41, 5.74) is 0. The van der Waals surface area contributed by atoms with Gasteiger partial charge in [0.2, 0.25) is 0 Å². The van der Waals surface area contributed by atoms with Gasteiger partial charge in [-0.1, -0.05) is 0 Å². The Labute approximate surface area is 193 Å². The summed E-state index contributed by atoms with van der Waals surface area (Å²) in [4.78, 5) is 11.4. The minimum atomic E-state index is -1.84. The van der Waals surface area contributed by atoms with Crippen LogP contribution in [0.1, 0.15) is 13.8 Å². The fourth-order valence-electron chi connectivity index (χ4n) is 4.16. The van der Waals surface area contributed by atoms with Crippen molar-refractivity contribution in [1.82, 2.24) is 0 Å². The first-order valence-corrected chi connectivity index (χ1v) is 10.8. The molecule has 0 aromatic carbocycles. The number of rotatable bonds is 6. The highest BCUT2D eigenvalue weighted by molar-refractivity contribution is 5.73. The molecule has 15 heteroatoms. The smallest absolute Gasteiger partial charge is 0.335 e. The van der Waals surface area contributed by atoms with Crippen LogP contribution in [0.2, 0.25) is 0 Å². The second kappa shape index (κ2) is 10.9. The van der Waals surface area contributed by atoms with E-state index < -0.39 is 105 Å². The summed E-state index contributed by atoms with van der Waals surface area (Å²) >= 11 is 0. The first kappa shape index (κ1) is 27.5. The Bertz CT molecular complexity index is 693. The molecular weight excluding hydrogens is 468 g/mol. The Kier molecular flexibility index (Phi) is 8.84. The van der Waals surface area contributed by atoms with Crippen LogP contribution in [0.4, 0.5) is 0 Å². The summed E-state index contributed by atoms with van der Waals surface area (Å²) in [6, 6.07) is 0. The monoisotopic (exact) mass is 500 g/mol. The lowest BCUT2D eigenvalue weighted by Crippen LogP contribution is -2.66. The third-order valence-corrected chi connectivity index (χ3v) is 6.28. The van der Waals surface area contributed by atoms with Crippen LogP contribution in [-0.2, 0) is 28.5 Å². The summed E-state index contributed by atoms with van der Waals surface area (Å²) in [5, 5.41) is 90.6. The SMILES string of the molecule is CC1OC(OC2C(O)C(C)OC(C(=O)O)C2O)C(O)C(OC2OC(CO)C(O)C(O)C2O)C1O. The minimum absolute atomic E-state index is 0.728. The van der Waals surface area contributed by atoms with Crippen LogP contribution in [0.25, 0.3) is 0 Å². The summed E-state index contributed by atoms with van der Waals surface area (Å²) in [7, 11) is 0. The van der Waals surface area contributed by atoms with Crippen molar-refractivity contribution in [2.75, 3.05) is 6.61 Å². The van der Waals surface area contributed by atoms with Gasteiger partial charge in [0.25, 0.3) is 0 Å². The highest BCUT2D eigenvalue weighted by atomic mass is 16.7. The van der Waals surface area contributed by atoms with Crippen LogP contribution in [0.5, 0.6) is 0 Å². The maximum absolute atomic E-state index is 11.4. The van der Waals surface area contributed by atoms with Crippen molar-refractivity contribution >= 4 is 5.97 Å². The van der Waals surface area contributed by atoms with Crippen LogP contribution in [0, 0.1) is 0 Å². The zero-order valence-corrected chi connectivity index (χ0v) is 18.3. The largest absolute Gasteiger partial charge is 0.479 e. The number of carbonyl (C=O) groups is 1. The van der Waals surface area contributed by atoms with Gasteiger partial charge < -0.3 is 69.6 Å². The fraction of sp³-hybridized carbons (Fsp3) is 0.947. The highest BCUT2D eigenvalue weighted by Gasteiger charge is 2.53. The maximum Gasteiger partial charge on any atom is 0.335 e. The van der Waals surface area contributed by atoms with E-state index in [2.05, 4.69) is 0 Å². The molecule has 0 aromatic rings. The third kappa shape index (κ3) is 5.22. The standard InChI is InChI=1S/C19H32O15/c1-4-7(21)14(12(26)16(30-4)17(28)29)33-19-13(27)15(8(22)5(2)31-19)34-18-11(25)10(24)9(23)6(3-20)32-18/h4-16,18-27H,3H2,1-2H3,(H,28,29). The molecule has 3 aliphatic heterocycles. The van der Waals surface area contributed by atoms with Crippen molar-refractivity contribution in [1.29, 1.82) is 0 Å². The topological polar surface area (TPSA) is 245 Å². The van der Waals surface area contributed by atoms with E-state index in [1.807, 2.05) is 0 Å². The number of carboxylic acids is 1. The second-order valence-electron chi connectivity index (χ2n) is 8.67. The molecule has 198 valence electrons. The molecule has 15 nitrogen and oxygen atoms in total. The number of ether oxygens (including phenoxy) is 5. The Morgan fingerprint density at radius 3 is 1.71 bits per heavy atom. The van der Waals surface area contributed by atoms with Crippen LogP contribution < -0.4 is 0 Å². The highest BCUT2D eigenvalue weighted by Crippen LogP contribution is 2.32. The van der Waals surface area contributed by atoms with E-state index in [1.165, 1.54) is 13.8 Å². The summed E-state index contributed by atoms with van der Waals surface area (Å²) in [6.45, 7) is 2.02. The van der Waals surface area contributed by atoms with Gasteiger partial charge in [0.05, 0.1) is 18.8 Å². The molecule has 0 saturated carbocycles.